The van der Waals surface area contributed by atoms with Gasteiger partial charge in [-0.1, -0.05) is 60.7 Å². The molecule has 0 N–H and O–H groups in total. The van der Waals surface area contributed by atoms with Crippen LogP contribution in [-0.2, 0) is 36.5 Å². The highest BCUT2D eigenvalue weighted by Crippen LogP contribution is 2.60. The third kappa shape index (κ3) is 6.00. The summed E-state index contributed by atoms with van der Waals surface area (Å²) in [6.45, 7) is 1.43. The quantitative estimate of drug-likeness (QED) is 0.443. The Kier molecular flexibility index (Phi) is 7.62. The number of benzene rings is 2. The lowest BCUT2D eigenvalue weighted by Gasteiger charge is -2.20. The topological polar surface area (TPSA) is 54.0 Å². The van der Waals surface area contributed by atoms with E-state index in [4.69, 9.17) is 18.7 Å². The van der Waals surface area contributed by atoms with Gasteiger partial charge >= 0.3 is 0 Å². The first-order valence-electron chi connectivity index (χ1n) is 9.19. The highest BCUT2D eigenvalue weighted by molar-refractivity contribution is 7.60. The van der Waals surface area contributed by atoms with Gasteiger partial charge < -0.3 is 18.7 Å². The van der Waals surface area contributed by atoms with E-state index in [1.54, 1.807) is 7.11 Å². The highest BCUT2D eigenvalue weighted by Gasteiger charge is 2.45. The Bertz CT molecular complexity index is 722. The van der Waals surface area contributed by atoms with Gasteiger partial charge in [0.2, 0.25) is 7.37 Å². The van der Waals surface area contributed by atoms with Gasteiger partial charge in [-0.25, -0.2) is 0 Å². The first-order chi connectivity index (χ1) is 13.2. The monoisotopic (exact) mass is 390 g/mol. The Balaban J connectivity index is 1.59. The Morgan fingerprint density at radius 1 is 0.963 bits per heavy atom. The van der Waals surface area contributed by atoms with E-state index in [9.17, 15) is 4.57 Å². The summed E-state index contributed by atoms with van der Waals surface area (Å²) in [7, 11) is -1.28. The van der Waals surface area contributed by atoms with Gasteiger partial charge in [-0.15, -0.1) is 0 Å². The largest absolute Gasteiger partial charge is 0.376 e. The maximum atomic E-state index is 13.5. The third-order valence-electron chi connectivity index (χ3n) is 4.69. The van der Waals surface area contributed by atoms with Gasteiger partial charge in [0.05, 0.1) is 37.7 Å². The second kappa shape index (κ2) is 10.2. The molecule has 1 saturated heterocycles. The van der Waals surface area contributed by atoms with Crippen molar-refractivity contribution in [3.8, 4) is 0 Å². The molecule has 27 heavy (non-hydrogen) atoms. The molecule has 2 aromatic rings. The van der Waals surface area contributed by atoms with E-state index < -0.39 is 7.37 Å². The van der Waals surface area contributed by atoms with Gasteiger partial charge in [0.25, 0.3) is 0 Å². The summed E-state index contributed by atoms with van der Waals surface area (Å²) in [4.78, 5) is 0. The summed E-state index contributed by atoms with van der Waals surface area (Å²) in [5.41, 5.74) is 1.95. The minimum atomic E-state index is -2.87. The molecule has 0 saturated carbocycles. The van der Waals surface area contributed by atoms with Crippen molar-refractivity contribution in [2.45, 2.75) is 31.4 Å². The molecule has 6 heteroatoms. The van der Waals surface area contributed by atoms with Crippen LogP contribution >= 0.6 is 7.37 Å². The minimum absolute atomic E-state index is 0.128. The highest BCUT2D eigenvalue weighted by atomic mass is 31.2. The van der Waals surface area contributed by atoms with Crippen molar-refractivity contribution in [1.82, 2.24) is 0 Å². The zero-order valence-electron chi connectivity index (χ0n) is 15.7. The molecule has 0 bridgehead atoms. The van der Waals surface area contributed by atoms with E-state index in [-0.39, 0.29) is 18.6 Å². The van der Waals surface area contributed by atoms with Crippen molar-refractivity contribution in [2.75, 3.05) is 26.7 Å². The molecule has 1 unspecified atom stereocenters. The van der Waals surface area contributed by atoms with Crippen LogP contribution in [0.4, 0.5) is 0 Å². The zero-order valence-corrected chi connectivity index (χ0v) is 16.6. The number of methoxy groups -OCH3 is 1. The standard InChI is InChI=1S/C21H27O5P/c1-23-17-25-20-12-21(15-24-13-18-8-4-2-5-9-18)27(22,16-20)26-14-19-10-6-3-7-11-19/h2-11,20-21H,12-17H2,1H3/t20-,21+,27?/m0/s1. The van der Waals surface area contributed by atoms with Gasteiger partial charge in [-0.05, 0) is 17.5 Å². The predicted octanol–water partition coefficient (Wildman–Crippen LogP) is 4.46. The molecule has 2 aromatic carbocycles. The lowest BCUT2D eigenvalue weighted by atomic mass is 10.2. The van der Waals surface area contributed by atoms with Crippen LogP contribution in [0.3, 0.4) is 0 Å². The summed E-state index contributed by atoms with van der Waals surface area (Å²) in [6.07, 6.45) is 0.934. The van der Waals surface area contributed by atoms with Crippen molar-refractivity contribution in [3.05, 3.63) is 71.8 Å². The molecular formula is C21H27O5P. The lowest BCUT2D eigenvalue weighted by molar-refractivity contribution is -0.0647. The van der Waals surface area contributed by atoms with Gasteiger partial charge in [-0.2, -0.15) is 0 Å². The smallest absolute Gasteiger partial charge is 0.211 e. The second-order valence-corrected chi connectivity index (χ2v) is 9.56. The van der Waals surface area contributed by atoms with E-state index in [2.05, 4.69) is 0 Å². The molecule has 3 atom stereocenters. The van der Waals surface area contributed by atoms with Crippen molar-refractivity contribution in [2.24, 2.45) is 0 Å². The van der Waals surface area contributed by atoms with Crippen LogP contribution in [0.2, 0.25) is 0 Å². The Labute approximate surface area is 161 Å². The molecular weight excluding hydrogens is 363 g/mol. The summed E-state index contributed by atoms with van der Waals surface area (Å²) in [5, 5.41) is 0. The number of rotatable bonds is 10. The van der Waals surface area contributed by atoms with Gasteiger partial charge in [-0.3, -0.25) is 4.57 Å². The molecule has 0 aliphatic carbocycles. The van der Waals surface area contributed by atoms with E-state index in [1.807, 2.05) is 60.7 Å². The van der Waals surface area contributed by atoms with Gasteiger partial charge in [0.1, 0.15) is 6.79 Å². The van der Waals surface area contributed by atoms with Crippen LogP contribution in [0.5, 0.6) is 0 Å². The maximum Gasteiger partial charge on any atom is 0.211 e. The molecule has 0 radical (unpaired) electrons. The van der Waals surface area contributed by atoms with E-state index >= 15 is 0 Å². The summed E-state index contributed by atoms with van der Waals surface area (Å²) < 4.78 is 36.0. The average Bonchev–Trinajstić information content (AvgIpc) is 3.02. The van der Waals surface area contributed by atoms with E-state index in [0.29, 0.717) is 32.4 Å². The zero-order chi connectivity index (χ0) is 19.0. The van der Waals surface area contributed by atoms with Crippen LogP contribution in [0, 0.1) is 0 Å². The van der Waals surface area contributed by atoms with E-state index in [0.717, 1.165) is 11.1 Å². The molecule has 1 heterocycles. The number of ether oxygens (including phenoxy) is 3. The van der Waals surface area contributed by atoms with Gasteiger partial charge in [0, 0.05) is 7.11 Å². The second-order valence-electron chi connectivity index (χ2n) is 6.75. The summed E-state index contributed by atoms with van der Waals surface area (Å²) in [5.74, 6) is 0. The molecule has 1 fully saturated rings. The SMILES string of the molecule is COCO[C@H]1C[C@H](COCc2ccccc2)P(=O)(OCc2ccccc2)C1. The van der Waals surface area contributed by atoms with Crippen LogP contribution in [0.25, 0.3) is 0 Å². The molecule has 0 spiro atoms. The fraction of sp³-hybridized carbons (Fsp3) is 0.429. The first-order valence-corrected chi connectivity index (χ1v) is 11.1. The number of hydrogen-bond acceptors (Lipinski definition) is 5. The first kappa shape index (κ1) is 20.2. The van der Waals surface area contributed by atoms with Crippen molar-refractivity contribution < 1.29 is 23.3 Å². The third-order valence-corrected chi connectivity index (χ3v) is 7.64. The maximum absolute atomic E-state index is 13.5. The molecule has 0 aromatic heterocycles. The van der Waals surface area contributed by atoms with Crippen molar-refractivity contribution in [3.63, 3.8) is 0 Å². The normalized spacial score (nSPS) is 24.9. The summed E-state index contributed by atoms with van der Waals surface area (Å²) >= 11 is 0. The fourth-order valence-electron chi connectivity index (χ4n) is 3.24. The molecule has 0 amide bonds. The van der Waals surface area contributed by atoms with Crippen LogP contribution < -0.4 is 0 Å². The molecule has 3 rings (SSSR count). The van der Waals surface area contributed by atoms with Crippen LogP contribution in [0.15, 0.2) is 60.7 Å². The number of hydrogen-bond donors (Lipinski definition) is 0. The Morgan fingerprint density at radius 3 is 2.22 bits per heavy atom. The van der Waals surface area contributed by atoms with Crippen molar-refractivity contribution in [1.29, 1.82) is 0 Å². The molecule has 1 aliphatic heterocycles. The lowest BCUT2D eigenvalue weighted by Crippen LogP contribution is -2.17. The molecule has 5 nitrogen and oxygen atoms in total. The predicted molar refractivity (Wildman–Crippen MR) is 105 cm³/mol. The van der Waals surface area contributed by atoms with E-state index in [1.165, 1.54) is 0 Å². The fourth-order valence-corrected chi connectivity index (χ4v) is 5.93. The van der Waals surface area contributed by atoms with Crippen molar-refractivity contribution >= 4 is 7.37 Å². The van der Waals surface area contributed by atoms with Gasteiger partial charge in [0.15, 0.2) is 0 Å². The Hall–Kier alpha value is -1.49. The van der Waals surface area contributed by atoms with Crippen LogP contribution in [-0.4, -0.2) is 38.4 Å². The minimum Gasteiger partial charge on any atom is -0.376 e. The molecule has 1 aliphatic rings. The average molecular weight is 390 g/mol. The Morgan fingerprint density at radius 2 is 1.59 bits per heavy atom. The molecule has 146 valence electrons. The van der Waals surface area contributed by atoms with Crippen LogP contribution in [0.1, 0.15) is 17.5 Å². The summed E-state index contributed by atoms with van der Waals surface area (Å²) in [6, 6.07) is 19.8.